The lowest BCUT2D eigenvalue weighted by Gasteiger charge is -2.08. The van der Waals surface area contributed by atoms with Crippen molar-refractivity contribution in [2.75, 3.05) is 17.2 Å². The molecule has 0 atom stereocenters. The van der Waals surface area contributed by atoms with Gasteiger partial charge in [-0.3, -0.25) is 9.59 Å². The lowest BCUT2D eigenvalue weighted by Crippen LogP contribution is -2.35. The van der Waals surface area contributed by atoms with Crippen LogP contribution in [0.1, 0.15) is 13.3 Å². The van der Waals surface area contributed by atoms with Crippen molar-refractivity contribution < 1.29 is 9.59 Å². The summed E-state index contributed by atoms with van der Waals surface area (Å²) in [6.45, 7) is 2.42. The lowest BCUT2D eigenvalue weighted by atomic mass is 10.2. The van der Waals surface area contributed by atoms with Crippen LogP contribution in [0.2, 0.25) is 0 Å². The largest absolute Gasteiger partial charge is 0.356 e. The Morgan fingerprint density at radius 1 is 0.818 bits per heavy atom. The predicted molar refractivity (Wildman–Crippen MR) is 88.1 cm³/mol. The molecule has 2 aromatic carbocycles. The SMILES string of the molecule is CCCNC(=O)C(=O)Nc1ccc(Nc2ccccc2)cc1. The van der Waals surface area contributed by atoms with Gasteiger partial charge in [0.15, 0.2) is 0 Å². The van der Waals surface area contributed by atoms with Gasteiger partial charge in [-0.1, -0.05) is 25.1 Å². The van der Waals surface area contributed by atoms with Gasteiger partial charge in [0.25, 0.3) is 0 Å². The summed E-state index contributed by atoms with van der Waals surface area (Å²) in [6.07, 6.45) is 0.791. The zero-order valence-electron chi connectivity index (χ0n) is 12.4. The average molecular weight is 297 g/mol. The molecule has 0 aliphatic rings. The lowest BCUT2D eigenvalue weighted by molar-refractivity contribution is -0.136. The number of rotatable bonds is 5. The maximum Gasteiger partial charge on any atom is 0.313 e. The molecule has 5 nitrogen and oxygen atoms in total. The van der Waals surface area contributed by atoms with Crippen LogP contribution in [0.15, 0.2) is 54.6 Å². The highest BCUT2D eigenvalue weighted by Crippen LogP contribution is 2.18. The minimum atomic E-state index is -0.655. The Hall–Kier alpha value is -2.82. The molecule has 5 heteroatoms. The number of nitrogens with one attached hydrogen (secondary N) is 3. The van der Waals surface area contributed by atoms with E-state index in [0.717, 1.165) is 17.8 Å². The Morgan fingerprint density at radius 2 is 1.41 bits per heavy atom. The Kier molecular flexibility index (Phi) is 5.54. The highest BCUT2D eigenvalue weighted by molar-refractivity contribution is 6.39. The fraction of sp³-hybridized carbons (Fsp3) is 0.176. The molecule has 0 saturated heterocycles. The second-order valence-electron chi connectivity index (χ2n) is 4.78. The van der Waals surface area contributed by atoms with Crippen LogP contribution in [0, 0.1) is 0 Å². The van der Waals surface area contributed by atoms with Crippen LogP contribution >= 0.6 is 0 Å². The molecule has 0 bridgehead atoms. The van der Waals surface area contributed by atoms with Crippen molar-refractivity contribution in [1.82, 2.24) is 5.32 Å². The molecule has 0 fully saturated rings. The first-order chi connectivity index (χ1) is 10.7. The van der Waals surface area contributed by atoms with Crippen LogP contribution < -0.4 is 16.0 Å². The summed E-state index contributed by atoms with van der Waals surface area (Å²) in [7, 11) is 0. The van der Waals surface area contributed by atoms with E-state index < -0.39 is 11.8 Å². The van der Waals surface area contributed by atoms with E-state index in [2.05, 4.69) is 16.0 Å². The maximum atomic E-state index is 11.7. The topological polar surface area (TPSA) is 70.2 Å². The Morgan fingerprint density at radius 3 is 2.05 bits per heavy atom. The predicted octanol–water partition coefficient (Wildman–Crippen LogP) is 2.89. The normalized spacial score (nSPS) is 9.86. The third-order valence-electron chi connectivity index (χ3n) is 2.95. The van der Waals surface area contributed by atoms with Gasteiger partial charge < -0.3 is 16.0 Å². The van der Waals surface area contributed by atoms with Crippen molar-refractivity contribution in [3.63, 3.8) is 0 Å². The van der Waals surface area contributed by atoms with Crippen molar-refractivity contribution in [1.29, 1.82) is 0 Å². The third kappa shape index (κ3) is 4.63. The Balaban J connectivity index is 1.91. The summed E-state index contributed by atoms with van der Waals surface area (Å²) in [6, 6.07) is 17.0. The number of carbonyl (C=O) groups is 2. The van der Waals surface area contributed by atoms with Crippen LogP contribution in [0.25, 0.3) is 0 Å². The zero-order chi connectivity index (χ0) is 15.8. The summed E-state index contributed by atoms with van der Waals surface area (Å²) >= 11 is 0. The van der Waals surface area contributed by atoms with Gasteiger partial charge in [0.05, 0.1) is 0 Å². The smallest absolute Gasteiger partial charge is 0.313 e. The molecule has 3 N–H and O–H groups in total. The minimum Gasteiger partial charge on any atom is -0.356 e. The molecule has 2 rings (SSSR count). The molecular weight excluding hydrogens is 278 g/mol. The van der Waals surface area contributed by atoms with Gasteiger partial charge in [-0.25, -0.2) is 0 Å². The van der Waals surface area contributed by atoms with Gasteiger partial charge in [-0.05, 0) is 42.8 Å². The van der Waals surface area contributed by atoms with Gasteiger partial charge in [0, 0.05) is 23.6 Å². The maximum absolute atomic E-state index is 11.7. The first-order valence-corrected chi connectivity index (χ1v) is 7.20. The first kappa shape index (κ1) is 15.6. The monoisotopic (exact) mass is 297 g/mol. The van der Waals surface area contributed by atoms with Crippen molar-refractivity contribution in [3.05, 3.63) is 54.6 Å². The van der Waals surface area contributed by atoms with E-state index in [1.807, 2.05) is 49.4 Å². The Bertz CT molecular complexity index is 624. The molecular formula is C17H19N3O2. The highest BCUT2D eigenvalue weighted by atomic mass is 16.2. The molecule has 22 heavy (non-hydrogen) atoms. The second kappa shape index (κ2) is 7.83. The Labute approximate surface area is 129 Å². The van der Waals surface area contributed by atoms with Gasteiger partial charge >= 0.3 is 11.8 Å². The quantitative estimate of drug-likeness (QED) is 0.743. The first-order valence-electron chi connectivity index (χ1n) is 7.20. The summed E-state index contributed by atoms with van der Waals surface area (Å²) in [5.74, 6) is -1.27. The van der Waals surface area contributed by atoms with Crippen molar-refractivity contribution >= 4 is 28.9 Å². The summed E-state index contributed by atoms with van der Waals surface area (Å²) < 4.78 is 0. The minimum absolute atomic E-state index is 0.492. The van der Waals surface area contributed by atoms with Crippen molar-refractivity contribution in [3.8, 4) is 0 Å². The van der Waals surface area contributed by atoms with Crippen molar-refractivity contribution in [2.45, 2.75) is 13.3 Å². The van der Waals surface area contributed by atoms with E-state index in [-0.39, 0.29) is 0 Å². The molecule has 0 spiro atoms. The third-order valence-corrected chi connectivity index (χ3v) is 2.95. The molecule has 2 amide bonds. The van der Waals surface area contributed by atoms with Crippen LogP contribution in [0.5, 0.6) is 0 Å². The molecule has 114 valence electrons. The average Bonchev–Trinajstić information content (AvgIpc) is 2.55. The van der Waals surface area contributed by atoms with Crippen LogP contribution in [0.3, 0.4) is 0 Å². The second-order valence-corrected chi connectivity index (χ2v) is 4.78. The van der Waals surface area contributed by atoms with E-state index in [1.165, 1.54) is 0 Å². The molecule has 0 unspecified atom stereocenters. The molecule has 0 radical (unpaired) electrons. The van der Waals surface area contributed by atoms with E-state index in [0.29, 0.717) is 12.2 Å². The number of carbonyl (C=O) groups excluding carboxylic acids is 2. The molecule has 0 saturated carbocycles. The van der Waals surface area contributed by atoms with E-state index in [4.69, 9.17) is 0 Å². The number of benzene rings is 2. The fourth-order valence-corrected chi connectivity index (χ4v) is 1.83. The number of hydrogen-bond donors (Lipinski definition) is 3. The highest BCUT2D eigenvalue weighted by Gasteiger charge is 2.12. The fourth-order valence-electron chi connectivity index (χ4n) is 1.83. The van der Waals surface area contributed by atoms with Crippen LogP contribution in [-0.4, -0.2) is 18.4 Å². The van der Waals surface area contributed by atoms with Gasteiger partial charge in [0.1, 0.15) is 0 Å². The van der Waals surface area contributed by atoms with Crippen molar-refractivity contribution in [2.24, 2.45) is 0 Å². The van der Waals surface area contributed by atoms with Crippen LogP contribution in [-0.2, 0) is 9.59 Å². The van der Waals surface area contributed by atoms with E-state index in [9.17, 15) is 9.59 Å². The standard InChI is InChI=1S/C17H19N3O2/c1-2-12-18-16(21)17(22)20-15-10-8-14(9-11-15)19-13-6-4-3-5-7-13/h3-11,19H,2,12H2,1H3,(H,18,21)(H,20,22). The molecule has 0 aliphatic heterocycles. The summed E-state index contributed by atoms with van der Waals surface area (Å²) in [5.41, 5.74) is 2.47. The number of hydrogen-bond acceptors (Lipinski definition) is 3. The molecule has 0 aliphatic carbocycles. The summed E-state index contributed by atoms with van der Waals surface area (Å²) in [5, 5.41) is 8.34. The van der Waals surface area contributed by atoms with Gasteiger partial charge in [-0.15, -0.1) is 0 Å². The number of para-hydroxylation sites is 1. The van der Waals surface area contributed by atoms with Gasteiger partial charge in [-0.2, -0.15) is 0 Å². The van der Waals surface area contributed by atoms with E-state index >= 15 is 0 Å². The molecule has 2 aromatic rings. The van der Waals surface area contributed by atoms with E-state index in [1.54, 1.807) is 12.1 Å². The molecule has 0 heterocycles. The zero-order valence-corrected chi connectivity index (χ0v) is 12.4. The number of anilines is 3. The number of amides is 2. The van der Waals surface area contributed by atoms with Gasteiger partial charge in [0.2, 0.25) is 0 Å². The summed E-state index contributed by atoms with van der Waals surface area (Å²) in [4.78, 5) is 23.1. The molecule has 0 aromatic heterocycles. The van der Waals surface area contributed by atoms with Crippen LogP contribution in [0.4, 0.5) is 17.1 Å².